The van der Waals surface area contributed by atoms with E-state index in [0.29, 0.717) is 13.0 Å². The molecule has 0 amide bonds. The zero-order valence-electron chi connectivity index (χ0n) is 8.60. The Morgan fingerprint density at radius 3 is 2.73 bits per heavy atom. The van der Waals surface area contributed by atoms with E-state index in [1.54, 1.807) is 0 Å². The highest BCUT2D eigenvalue weighted by molar-refractivity contribution is 5.83. The number of Topliss-reactive ketones (excluding diaryl/α,β-unsaturated/α-hetero) is 1. The molecular weight excluding hydrogens is 190 g/mol. The maximum absolute atomic E-state index is 11.3. The van der Waals surface area contributed by atoms with Gasteiger partial charge in [-0.3, -0.25) is 9.69 Å². The smallest absolute Gasteiger partial charge is 0.148 e. The largest absolute Gasteiger partial charge is 0.395 e. The lowest BCUT2D eigenvalue weighted by atomic mass is 10.2. The first-order chi connectivity index (χ1) is 7.29. The fraction of sp³-hybridized carbons (Fsp3) is 0.417. The topological polar surface area (TPSA) is 40.5 Å². The van der Waals surface area contributed by atoms with Crippen LogP contribution < -0.4 is 0 Å². The minimum absolute atomic E-state index is 0.0118. The lowest BCUT2D eigenvalue weighted by Gasteiger charge is -2.21. The summed E-state index contributed by atoms with van der Waals surface area (Å²) in [6.45, 7) is 1.29. The Balaban J connectivity index is 2.03. The summed E-state index contributed by atoms with van der Waals surface area (Å²) in [6, 6.07) is 10.0. The fourth-order valence-electron chi connectivity index (χ4n) is 2.00. The van der Waals surface area contributed by atoms with Crippen molar-refractivity contribution in [3.8, 4) is 0 Å². The van der Waals surface area contributed by atoms with Crippen LogP contribution in [0.2, 0.25) is 0 Å². The van der Waals surface area contributed by atoms with Crippen LogP contribution >= 0.6 is 0 Å². The predicted octanol–water partition coefficient (Wildman–Crippen LogP) is 0.822. The Hall–Kier alpha value is -1.19. The maximum atomic E-state index is 11.3. The van der Waals surface area contributed by atoms with E-state index in [9.17, 15) is 4.79 Å². The van der Waals surface area contributed by atoms with Crippen LogP contribution in [-0.4, -0.2) is 35.0 Å². The molecule has 80 valence electrons. The van der Waals surface area contributed by atoms with Crippen molar-refractivity contribution in [3.05, 3.63) is 35.9 Å². The Morgan fingerprint density at radius 1 is 1.33 bits per heavy atom. The van der Waals surface area contributed by atoms with Crippen LogP contribution in [0.3, 0.4) is 0 Å². The molecule has 1 N–H and O–H groups in total. The Labute approximate surface area is 89.3 Å². The SMILES string of the molecule is O=C1CC(CO)N(Cc2ccccc2)C1. The number of hydrogen-bond acceptors (Lipinski definition) is 3. The van der Waals surface area contributed by atoms with Crippen molar-refractivity contribution in [1.29, 1.82) is 0 Å². The van der Waals surface area contributed by atoms with Crippen LogP contribution in [-0.2, 0) is 11.3 Å². The summed E-state index contributed by atoms with van der Waals surface area (Å²) in [5, 5.41) is 9.14. The minimum Gasteiger partial charge on any atom is -0.395 e. The number of ketones is 1. The van der Waals surface area contributed by atoms with Crippen molar-refractivity contribution in [2.24, 2.45) is 0 Å². The molecule has 1 aliphatic rings. The van der Waals surface area contributed by atoms with Gasteiger partial charge in [-0.05, 0) is 5.56 Å². The van der Waals surface area contributed by atoms with Crippen molar-refractivity contribution in [2.45, 2.75) is 19.0 Å². The molecule has 1 fully saturated rings. The normalized spacial score (nSPS) is 22.2. The molecule has 15 heavy (non-hydrogen) atoms. The highest BCUT2D eigenvalue weighted by Crippen LogP contribution is 2.17. The number of benzene rings is 1. The molecule has 1 aliphatic heterocycles. The summed E-state index contributed by atoms with van der Waals surface area (Å²) in [5.74, 6) is 0.227. The minimum atomic E-state index is 0.0118. The first-order valence-electron chi connectivity index (χ1n) is 5.20. The number of hydrogen-bond donors (Lipinski definition) is 1. The van der Waals surface area contributed by atoms with Gasteiger partial charge in [0.05, 0.1) is 13.2 Å². The number of carbonyl (C=O) groups is 1. The number of carbonyl (C=O) groups excluding carboxylic acids is 1. The van der Waals surface area contributed by atoms with Crippen molar-refractivity contribution < 1.29 is 9.90 Å². The van der Waals surface area contributed by atoms with Gasteiger partial charge in [-0.15, -0.1) is 0 Å². The molecular formula is C12H15NO2. The number of nitrogens with zero attached hydrogens (tertiary/aromatic N) is 1. The summed E-state index contributed by atoms with van der Waals surface area (Å²) in [4.78, 5) is 13.3. The van der Waals surface area contributed by atoms with Crippen LogP contribution in [0.15, 0.2) is 30.3 Å². The van der Waals surface area contributed by atoms with E-state index in [0.717, 1.165) is 6.54 Å². The lowest BCUT2D eigenvalue weighted by molar-refractivity contribution is -0.117. The average Bonchev–Trinajstić information content (AvgIpc) is 2.60. The summed E-state index contributed by atoms with van der Waals surface area (Å²) in [7, 11) is 0. The third kappa shape index (κ3) is 2.43. The van der Waals surface area contributed by atoms with Crippen LogP contribution in [0.1, 0.15) is 12.0 Å². The van der Waals surface area contributed by atoms with Crippen molar-refractivity contribution in [3.63, 3.8) is 0 Å². The second-order valence-electron chi connectivity index (χ2n) is 3.97. The second-order valence-corrected chi connectivity index (χ2v) is 3.97. The van der Waals surface area contributed by atoms with Crippen LogP contribution in [0, 0.1) is 0 Å². The van der Waals surface area contributed by atoms with Crippen molar-refractivity contribution >= 4 is 5.78 Å². The summed E-state index contributed by atoms with van der Waals surface area (Å²) in [5.41, 5.74) is 1.19. The maximum Gasteiger partial charge on any atom is 0.148 e. The molecule has 2 rings (SSSR count). The number of rotatable bonds is 3. The third-order valence-corrected chi connectivity index (χ3v) is 2.80. The highest BCUT2D eigenvalue weighted by atomic mass is 16.3. The van der Waals surface area contributed by atoms with Gasteiger partial charge in [0.15, 0.2) is 0 Å². The number of aliphatic hydroxyl groups excluding tert-OH is 1. The summed E-state index contributed by atoms with van der Waals surface area (Å²) < 4.78 is 0. The Kier molecular flexibility index (Phi) is 3.14. The first kappa shape index (κ1) is 10.3. The molecule has 1 aromatic rings. The van der Waals surface area contributed by atoms with Crippen LogP contribution in [0.5, 0.6) is 0 Å². The highest BCUT2D eigenvalue weighted by Gasteiger charge is 2.29. The quantitative estimate of drug-likeness (QED) is 0.794. The molecule has 3 heteroatoms. The molecule has 0 saturated carbocycles. The van der Waals surface area contributed by atoms with E-state index in [2.05, 4.69) is 0 Å². The predicted molar refractivity (Wildman–Crippen MR) is 57.3 cm³/mol. The van der Waals surface area contributed by atoms with E-state index in [4.69, 9.17) is 5.11 Å². The van der Waals surface area contributed by atoms with Crippen LogP contribution in [0.25, 0.3) is 0 Å². The van der Waals surface area contributed by atoms with E-state index in [-0.39, 0.29) is 18.4 Å². The average molecular weight is 205 g/mol. The van der Waals surface area contributed by atoms with Gasteiger partial charge in [-0.2, -0.15) is 0 Å². The number of likely N-dealkylation sites (tertiary alicyclic amines) is 1. The van der Waals surface area contributed by atoms with Crippen LogP contribution in [0.4, 0.5) is 0 Å². The van der Waals surface area contributed by atoms with Gasteiger partial charge >= 0.3 is 0 Å². The van der Waals surface area contributed by atoms with Gasteiger partial charge in [0, 0.05) is 19.0 Å². The molecule has 1 unspecified atom stereocenters. The second kappa shape index (κ2) is 4.55. The third-order valence-electron chi connectivity index (χ3n) is 2.80. The van der Waals surface area contributed by atoms with Gasteiger partial charge in [0.2, 0.25) is 0 Å². The van der Waals surface area contributed by atoms with Gasteiger partial charge in [0.25, 0.3) is 0 Å². The zero-order valence-corrected chi connectivity index (χ0v) is 8.60. The first-order valence-corrected chi connectivity index (χ1v) is 5.20. The van der Waals surface area contributed by atoms with Gasteiger partial charge in [-0.1, -0.05) is 30.3 Å². The van der Waals surface area contributed by atoms with E-state index >= 15 is 0 Å². The summed E-state index contributed by atoms with van der Waals surface area (Å²) in [6.07, 6.45) is 0.489. The molecule has 0 aliphatic carbocycles. The fourth-order valence-corrected chi connectivity index (χ4v) is 2.00. The molecule has 1 atom stereocenters. The van der Waals surface area contributed by atoms with E-state index in [1.165, 1.54) is 5.56 Å². The molecule has 0 spiro atoms. The zero-order chi connectivity index (χ0) is 10.7. The lowest BCUT2D eigenvalue weighted by Crippen LogP contribution is -2.31. The Morgan fingerprint density at radius 2 is 2.07 bits per heavy atom. The standard InChI is InChI=1S/C12H15NO2/c14-9-11-6-12(15)8-13(11)7-10-4-2-1-3-5-10/h1-5,11,14H,6-9H2. The molecule has 1 heterocycles. The van der Waals surface area contributed by atoms with E-state index < -0.39 is 0 Å². The Bertz CT molecular complexity index is 337. The molecule has 0 aromatic heterocycles. The molecule has 1 aromatic carbocycles. The van der Waals surface area contributed by atoms with E-state index in [1.807, 2.05) is 35.2 Å². The molecule has 1 saturated heterocycles. The van der Waals surface area contributed by atoms with Gasteiger partial charge in [0.1, 0.15) is 5.78 Å². The number of aliphatic hydroxyl groups is 1. The molecule has 0 radical (unpaired) electrons. The monoisotopic (exact) mass is 205 g/mol. The van der Waals surface area contributed by atoms with Crippen molar-refractivity contribution in [1.82, 2.24) is 4.90 Å². The van der Waals surface area contributed by atoms with Crippen molar-refractivity contribution in [2.75, 3.05) is 13.2 Å². The molecule has 3 nitrogen and oxygen atoms in total. The van der Waals surface area contributed by atoms with Gasteiger partial charge in [-0.25, -0.2) is 0 Å². The molecule has 0 bridgehead atoms. The summed E-state index contributed by atoms with van der Waals surface area (Å²) >= 11 is 0. The van der Waals surface area contributed by atoms with Gasteiger partial charge < -0.3 is 5.11 Å².